The van der Waals surface area contributed by atoms with Crippen molar-refractivity contribution in [1.82, 2.24) is 9.80 Å². The van der Waals surface area contributed by atoms with E-state index in [2.05, 4.69) is 89.5 Å². The van der Waals surface area contributed by atoms with Crippen LogP contribution < -0.4 is 18.9 Å². The summed E-state index contributed by atoms with van der Waals surface area (Å²) in [6, 6.07) is 9.85. The highest BCUT2D eigenvalue weighted by Gasteiger charge is 2.84. The van der Waals surface area contributed by atoms with E-state index >= 15 is 0 Å². The molecule has 16 rings (SSSR count). The molecule has 4 aliphatic heterocycles. The molecule has 10 fully saturated rings. The molecule has 0 amide bonds. The Morgan fingerprint density at radius 2 is 1.07 bits per heavy atom. The van der Waals surface area contributed by atoms with Crippen molar-refractivity contribution in [2.45, 2.75) is 203 Å². The Morgan fingerprint density at radius 3 is 1.56 bits per heavy atom. The molecule has 4 spiro atoms. The number of nitrogens with zero attached hydrogens (tertiary/aromatic N) is 2. The van der Waals surface area contributed by atoms with Crippen LogP contribution in [-0.2, 0) is 33.1 Å². The van der Waals surface area contributed by atoms with Crippen molar-refractivity contribution in [1.29, 1.82) is 0 Å². The number of hydrogen-bond donors (Lipinski definition) is 2. The molecular weight excluding hydrogens is 877 g/mol. The average molecular weight is 961 g/mol. The summed E-state index contributed by atoms with van der Waals surface area (Å²) >= 11 is 0. The Hall–Kier alpha value is -2.60. The normalized spacial score (nSPS) is 43.1. The van der Waals surface area contributed by atoms with Crippen LogP contribution in [0.5, 0.6) is 23.0 Å². The topological polar surface area (TPSA) is 102 Å². The second kappa shape index (κ2) is 14.2. The largest absolute Gasteiger partial charge is 0.493 e. The molecule has 10 nitrogen and oxygen atoms in total. The highest BCUT2D eigenvalue weighted by atomic mass is 16.6. The summed E-state index contributed by atoms with van der Waals surface area (Å²) in [5.41, 5.74) is 0.936. The van der Waals surface area contributed by atoms with Crippen LogP contribution in [0.3, 0.4) is 0 Å². The summed E-state index contributed by atoms with van der Waals surface area (Å²) in [5, 5.41) is 26.0. The van der Waals surface area contributed by atoms with E-state index in [0.29, 0.717) is 25.3 Å². The van der Waals surface area contributed by atoms with Gasteiger partial charge in [0, 0.05) is 76.9 Å². The van der Waals surface area contributed by atoms with E-state index in [-0.39, 0.29) is 51.1 Å². The molecule has 14 aliphatic rings. The Balaban J connectivity index is 0.823. The first-order valence-electron chi connectivity index (χ1n) is 28.1. The van der Waals surface area contributed by atoms with Crippen LogP contribution in [0.1, 0.15) is 155 Å². The van der Waals surface area contributed by atoms with Gasteiger partial charge in [0.2, 0.25) is 0 Å². The summed E-state index contributed by atoms with van der Waals surface area (Å²) in [5.74, 6) is 4.83. The van der Waals surface area contributed by atoms with Crippen LogP contribution in [-0.4, -0.2) is 120 Å². The van der Waals surface area contributed by atoms with Gasteiger partial charge in [0.05, 0.1) is 24.9 Å². The number of benzene rings is 2. The molecule has 2 unspecified atom stereocenters. The number of ether oxygens (including phenoxy) is 6. The third-order valence-electron chi connectivity index (χ3n) is 24.2. The van der Waals surface area contributed by atoms with E-state index in [1.807, 2.05) is 7.11 Å². The summed E-state index contributed by atoms with van der Waals surface area (Å²) < 4.78 is 43.0. The number of rotatable bonds is 13. The molecule has 8 bridgehead atoms. The van der Waals surface area contributed by atoms with E-state index in [4.69, 9.17) is 28.4 Å². The lowest BCUT2D eigenvalue weighted by Gasteiger charge is -2.75. The minimum Gasteiger partial charge on any atom is -0.493 e. The minimum absolute atomic E-state index is 0.0344. The fraction of sp³-hybridized carbons (Fsp3) is 0.800. The van der Waals surface area contributed by atoms with Gasteiger partial charge < -0.3 is 38.6 Å². The predicted octanol–water partition coefficient (Wildman–Crippen LogP) is 9.19. The number of aliphatic hydroxyl groups is 2. The maximum absolute atomic E-state index is 13.2. The molecule has 382 valence electrons. The highest BCUT2D eigenvalue weighted by molar-refractivity contribution is 5.65. The first-order valence-corrected chi connectivity index (χ1v) is 28.1. The Kier molecular flexibility index (Phi) is 9.33. The number of piperidine rings is 2. The molecule has 10 heteroatoms. The maximum atomic E-state index is 13.2. The van der Waals surface area contributed by atoms with Gasteiger partial charge in [0.25, 0.3) is 0 Å². The summed E-state index contributed by atoms with van der Waals surface area (Å²) in [6.45, 7) is 22.6. The summed E-state index contributed by atoms with van der Waals surface area (Å²) in [4.78, 5) is 5.77. The lowest BCUT2D eigenvalue weighted by Crippen LogP contribution is -2.83. The molecular formula is C60H84N2O8. The molecule has 2 aromatic rings. The molecule has 0 aromatic heterocycles. The van der Waals surface area contributed by atoms with Gasteiger partial charge in [-0.3, -0.25) is 9.80 Å². The third-order valence-corrected chi connectivity index (χ3v) is 24.2. The van der Waals surface area contributed by atoms with Crippen LogP contribution >= 0.6 is 0 Å². The highest BCUT2D eigenvalue weighted by Crippen LogP contribution is 2.80. The molecule has 2 saturated heterocycles. The van der Waals surface area contributed by atoms with Crippen molar-refractivity contribution in [3.8, 4) is 23.0 Å². The Morgan fingerprint density at radius 1 is 0.600 bits per heavy atom. The van der Waals surface area contributed by atoms with Gasteiger partial charge in [-0.15, -0.1) is 0 Å². The smallest absolute Gasteiger partial charge is 0.165 e. The molecule has 14 atom stereocenters. The second-order valence-corrected chi connectivity index (χ2v) is 28.2. The van der Waals surface area contributed by atoms with E-state index in [1.165, 1.54) is 61.0 Å². The number of likely N-dealkylation sites (tertiary alicyclic amines) is 2. The van der Waals surface area contributed by atoms with E-state index < -0.39 is 27.8 Å². The summed E-state index contributed by atoms with van der Waals surface area (Å²) in [6.07, 6.45) is 14.8. The first kappa shape index (κ1) is 46.0. The Labute approximate surface area is 418 Å². The molecule has 2 aromatic carbocycles. The van der Waals surface area contributed by atoms with Crippen molar-refractivity contribution in [3.05, 3.63) is 46.5 Å². The molecule has 10 aliphatic carbocycles. The zero-order valence-corrected chi connectivity index (χ0v) is 44.3. The van der Waals surface area contributed by atoms with Crippen molar-refractivity contribution < 1.29 is 38.6 Å². The van der Waals surface area contributed by atoms with Gasteiger partial charge >= 0.3 is 0 Å². The van der Waals surface area contributed by atoms with Crippen molar-refractivity contribution in [2.24, 2.45) is 45.3 Å². The molecule has 0 radical (unpaired) electrons. The van der Waals surface area contributed by atoms with Gasteiger partial charge in [-0.25, -0.2) is 0 Å². The Bertz CT molecular complexity index is 2520. The van der Waals surface area contributed by atoms with Crippen LogP contribution in [0.15, 0.2) is 24.3 Å². The molecule has 70 heavy (non-hydrogen) atoms. The molecule has 2 N–H and O–H groups in total. The predicted molar refractivity (Wildman–Crippen MR) is 268 cm³/mol. The zero-order valence-electron chi connectivity index (χ0n) is 44.3. The standard InChI is InChI=1S/C60H84N2O8/c1-51(2,3)53(7,63)41-31-55-19-21-59(41,66-10)49-57(55)23-25-61(33-35-11-12-35)43(55)30-38-16-18-40(48(70-49)46(38)57)67-27-28-68-60-22-20-56(32-42(60)54(8,64)52(4,5)6)44-29-37-15-17-39(65-9)47-45(37)58(56,50(60)69-47)24-26-62(44)34-36-13-14-36/h15-18,35-36,41-44,49-50,63-64H,11-14,19-34H2,1-10H3/t41-,42-,43-,44-,49-,50+,53?,54?,55-,56-,57+,58+,59-,60-/m1/s1. The SMILES string of the molecule is COc1ccc2c3c1O[C@@H]1[C@@]4(OCCOc5ccc6c7c5O[C@H]5[C@@]8(OC)CC[C@@]9(C[C@@H]8C(C)(O)C(C)(C)C)[C@@H](C6)N(CC6CC6)CC[C@]759)CC[C@@]5(C[C@@H]4C(C)(O)C(C)(C)C)[C@@H](C2)N(CC2CC2)CC[C@]315. The van der Waals surface area contributed by atoms with E-state index in [0.717, 1.165) is 112 Å². The number of fused-ring (bicyclic) bond motifs is 4. The fourth-order valence-corrected chi connectivity index (χ4v) is 19.7. The zero-order chi connectivity index (χ0) is 48.6. The van der Waals surface area contributed by atoms with Crippen LogP contribution in [0.25, 0.3) is 0 Å². The van der Waals surface area contributed by atoms with Gasteiger partial charge in [0.1, 0.15) is 30.0 Å². The molecule has 4 heterocycles. The lowest BCUT2D eigenvalue weighted by molar-refractivity contribution is -0.319. The number of hydrogen-bond acceptors (Lipinski definition) is 10. The second-order valence-electron chi connectivity index (χ2n) is 28.2. The van der Waals surface area contributed by atoms with Gasteiger partial charge in [-0.1, -0.05) is 53.7 Å². The van der Waals surface area contributed by atoms with Crippen molar-refractivity contribution in [3.63, 3.8) is 0 Å². The van der Waals surface area contributed by atoms with Gasteiger partial charge in [-0.05, 0) is 163 Å². The quantitative estimate of drug-likeness (QED) is 0.189. The monoisotopic (exact) mass is 961 g/mol. The summed E-state index contributed by atoms with van der Waals surface area (Å²) in [7, 11) is 3.67. The molecule has 8 saturated carbocycles. The average Bonchev–Trinajstić information content (AvgIpc) is 4.25. The first-order chi connectivity index (χ1) is 33.2. The maximum Gasteiger partial charge on any atom is 0.165 e. The van der Waals surface area contributed by atoms with Crippen LogP contribution in [0.2, 0.25) is 0 Å². The van der Waals surface area contributed by atoms with E-state index in [1.54, 1.807) is 7.11 Å². The van der Waals surface area contributed by atoms with Gasteiger partial charge in [-0.2, -0.15) is 0 Å². The third kappa shape index (κ3) is 5.29. The van der Waals surface area contributed by atoms with Crippen LogP contribution in [0.4, 0.5) is 0 Å². The fourth-order valence-electron chi connectivity index (χ4n) is 19.7. The lowest BCUT2D eigenvalue weighted by atomic mass is 9.33. The minimum atomic E-state index is -1.04. The van der Waals surface area contributed by atoms with Crippen LogP contribution in [0, 0.1) is 45.3 Å². The van der Waals surface area contributed by atoms with Crippen molar-refractivity contribution in [2.75, 3.05) is 53.6 Å². The van der Waals surface area contributed by atoms with Gasteiger partial charge in [0.15, 0.2) is 23.0 Å². The van der Waals surface area contributed by atoms with E-state index in [9.17, 15) is 10.2 Å². The van der Waals surface area contributed by atoms with Crippen molar-refractivity contribution >= 4 is 0 Å². The number of methoxy groups -OCH3 is 2.